The van der Waals surface area contributed by atoms with Gasteiger partial charge in [0.2, 0.25) is 0 Å². The number of alkyl halides is 2. The minimum absolute atomic E-state index is 0.0843. The summed E-state index contributed by atoms with van der Waals surface area (Å²) in [4.78, 5) is 12.2. The molecule has 1 heterocycles. The molecule has 14 heavy (non-hydrogen) atoms. The smallest absolute Gasteiger partial charge is 0.258 e. The highest BCUT2D eigenvalue weighted by atomic mass is 35.5. The Balaban J connectivity index is 2.74. The molecule has 0 bridgehead atoms. The zero-order chi connectivity index (χ0) is 10.9. The van der Waals surface area contributed by atoms with Gasteiger partial charge in [-0.1, -0.05) is 30.1 Å². The molecule has 82 valence electrons. The van der Waals surface area contributed by atoms with Crippen molar-refractivity contribution >= 4 is 29.1 Å². The summed E-state index contributed by atoms with van der Waals surface area (Å²) in [7, 11) is 0. The summed E-state index contributed by atoms with van der Waals surface area (Å²) in [6, 6.07) is 0. The fraction of sp³-hybridized carbons (Fsp3) is 0.889. The topological polar surface area (TPSA) is 29.5 Å². The Bertz CT molecular complexity index is 231. The minimum Gasteiger partial charge on any atom is -0.351 e. The zero-order valence-corrected chi connectivity index (χ0v) is 10.1. The lowest BCUT2D eigenvalue weighted by molar-refractivity contribution is -0.143. The number of carbonyl (C=O) groups excluding carboxylic acids is 1. The van der Waals surface area contributed by atoms with Crippen LogP contribution < -0.4 is 0 Å². The molecule has 1 aliphatic heterocycles. The van der Waals surface area contributed by atoms with E-state index in [0.717, 1.165) is 6.42 Å². The van der Waals surface area contributed by atoms with Gasteiger partial charge in [0.15, 0.2) is 4.84 Å². The van der Waals surface area contributed by atoms with Crippen molar-refractivity contribution in [1.29, 1.82) is 0 Å². The van der Waals surface area contributed by atoms with Crippen LogP contribution in [0.3, 0.4) is 0 Å². The van der Waals surface area contributed by atoms with Crippen LogP contribution in [0.2, 0.25) is 0 Å². The van der Waals surface area contributed by atoms with Crippen LogP contribution in [0.1, 0.15) is 27.2 Å². The lowest BCUT2D eigenvalue weighted by Gasteiger charge is -2.30. The van der Waals surface area contributed by atoms with Gasteiger partial charge in [0.1, 0.15) is 5.72 Å². The summed E-state index contributed by atoms with van der Waals surface area (Å²) in [5.41, 5.74) is -0.597. The van der Waals surface area contributed by atoms with Crippen molar-refractivity contribution in [2.75, 3.05) is 6.54 Å². The van der Waals surface area contributed by atoms with Crippen molar-refractivity contribution in [1.82, 2.24) is 4.90 Å². The predicted molar refractivity (Wildman–Crippen MR) is 56.5 cm³/mol. The number of carbonyl (C=O) groups is 1. The molecule has 1 saturated heterocycles. The fourth-order valence-electron chi connectivity index (χ4n) is 1.62. The van der Waals surface area contributed by atoms with Gasteiger partial charge in [-0.3, -0.25) is 4.79 Å². The summed E-state index contributed by atoms with van der Waals surface area (Å²) >= 11 is 11.1. The van der Waals surface area contributed by atoms with Gasteiger partial charge >= 0.3 is 0 Å². The second-order valence-electron chi connectivity index (χ2n) is 3.84. The Labute approximate surface area is 94.3 Å². The highest BCUT2D eigenvalue weighted by Gasteiger charge is 2.42. The molecule has 0 aromatic carbocycles. The maximum absolute atomic E-state index is 11.6. The molecular weight excluding hydrogens is 225 g/mol. The Morgan fingerprint density at radius 2 is 2.21 bits per heavy atom. The summed E-state index contributed by atoms with van der Waals surface area (Å²) < 4.78 is 5.67. The van der Waals surface area contributed by atoms with Crippen LogP contribution in [0.25, 0.3) is 0 Å². The molecule has 0 saturated carbocycles. The summed E-state index contributed by atoms with van der Waals surface area (Å²) in [5.74, 6) is -0.283. The van der Waals surface area contributed by atoms with Crippen molar-refractivity contribution in [2.24, 2.45) is 0 Å². The Hall–Kier alpha value is 0.01000. The van der Waals surface area contributed by atoms with Crippen LogP contribution in [0.4, 0.5) is 0 Å². The molecule has 0 aromatic heterocycles. The van der Waals surface area contributed by atoms with Crippen molar-refractivity contribution in [3.05, 3.63) is 0 Å². The van der Waals surface area contributed by atoms with Crippen LogP contribution in [-0.4, -0.2) is 34.0 Å². The molecule has 0 N–H and O–H groups in total. The summed E-state index contributed by atoms with van der Waals surface area (Å²) in [5, 5.41) is 0. The Morgan fingerprint density at radius 3 is 2.57 bits per heavy atom. The standard InChI is InChI=1S/C9H15Cl2NO2/c1-4-6-5-12(8(13)7(10)11)9(2,3)14-6/h6-7H,4-5H2,1-3H3. The molecule has 1 rings (SSSR count). The second kappa shape index (κ2) is 4.25. The van der Waals surface area contributed by atoms with Gasteiger partial charge in [0.25, 0.3) is 5.91 Å². The van der Waals surface area contributed by atoms with E-state index in [1.54, 1.807) is 4.90 Å². The van der Waals surface area contributed by atoms with E-state index >= 15 is 0 Å². The first-order valence-electron chi connectivity index (χ1n) is 4.66. The van der Waals surface area contributed by atoms with Crippen LogP contribution in [0, 0.1) is 0 Å². The molecule has 0 aromatic rings. The number of rotatable bonds is 2. The molecule has 1 amide bonds. The molecule has 5 heteroatoms. The Morgan fingerprint density at radius 1 is 1.64 bits per heavy atom. The van der Waals surface area contributed by atoms with Crippen LogP contribution in [-0.2, 0) is 9.53 Å². The first-order valence-corrected chi connectivity index (χ1v) is 5.53. The molecule has 0 aliphatic carbocycles. The van der Waals surface area contributed by atoms with E-state index in [1.807, 2.05) is 20.8 Å². The van der Waals surface area contributed by atoms with Crippen LogP contribution in [0.15, 0.2) is 0 Å². The number of hydrogen-bond acceptors (Lipinski definition) is 2. The lowest BCUT2D eigenvalue weighted by atomic mass is 10.2. The van der Waals surface area contributed by atoms with Crippen molar-refractivity contribution in [3.63, 3.8) is 0 Å². The van der Waals surface area contributed by atoms with Crippen molar-refractivity contribution in [3.8, 4) is 0 Å². The summed E-state index contributed by atoms with van der Waals surface area (Å²) in [6.07, 6.45) is 0.962. The summed E-state index contributed by atoms with van der Waals surface area (Å²) in [6.45, 7) is 6.28. The van der Waals surface area contributed by atoms with Crippen molar-refractivity contribution < 1.29 is 9.53 Å². The SMILES string of the molecule is CCC1CN(C(=O)C(Cl)Cl)C(C)(C)O1. The quantitative estimate of drug-likeness (QED) is 0.692. The average Bonchev–Trinajstić information content (AvgIpc) is 2.39. The fourth-order valence-corrected chi connectivity index (χ4v) is 1.85. The van der Waals surface area contributed by atoms with E-state index in [1.165, 1.54) is 0 Å². The first-order chi connectivity index (χ1) is 6.38. The van der Waals surface area contributed by atoms with Gasteiger partial charge in [-0.25, -0.2) is 0 Å². The lowest BCUT2D eigenvalue weighted by Crippen LogP contribution is -2.45. The van der Waals surface area contributed by atoms with Crippen LogP contribution >= 0.6 is 23.2 Å². The number of halogens is 2. The third-order valence-corrected chi connectivity index (χ3v) is 2.77. The number of amides is 1. The van der Waals surface area contributed by atoms with Gasteiger partial charge in [-0.15, -0.1) is 0 Å². The van der Waals surface area contributed by atoms with E-state index in [-0.39, 0.29) is 12.0 Å². The molecule has 1 unspecified atom stereocenters. The van der Waals surface area contributed by atoms with Gasteiger partial charge in [0, 0.05) is 6.54 Å². The minimum atomic E-state index is -1.01. The highest BCUT2D eigenvalue weighted by molar-refractivity contribution is 6.53. The maximum atomic E-state index is 11.6. The van der Waals surface area contributed by atoms with E-state index < -0.39 is 10.6 Å². The Kier molecular flexibility index (Phi) is 3.67. The third kappa shape index (κ3) is 2.33. The third-order valence-electron chi connectivity index (χ3n) is 2.40. The molecule has 0 radical (unpaired) electrons. The number of hydrogen-bond donors (Lipinski definition) is 0. The monoisotopic (exact) mass is 239 g/mol. The van der Waals surface area contributed by atoms with Gasteiger partial charge in [-0.05, 0) is 20.3 Å². The average molecular weight is 240 g/mol. The molecule has 0 spiro atoms. The molecule has 1 aliphatic rings. The zero-order valence-electron chi connectivity index (χ0n) is 8.59. The van der Waals surface area contributed by atoms with E-state index in [0.29, 0.717) is 6.54 Å². The van der Waals surface area contributed by atoms with Crippen molar-refractivity contribution in [2.45, 2.75) is 43.9 Å². The van der Waals surface area contributed by atoms with Gasteiger partial charge < -0.3 is 9.64 Å². The maximum Gasteiger partial charge on any atom is 0.258 e. The second-order valence-corrected chi connectivity index (χ2v) is 4.94. The normalized spacial score (nSPS) is 25.9. The van der Waals surface area contributed by atoms with Crippen LogP contribution in [0.5, 0.6) is 0 Å². The molecule has 1 fully saturated rings. The number of ether oxygens (including phenoxy) is 1. The predicted octanol–water partition coefficient (Wildman–Crippen LogP) is 2.16. The van der Waals surface area contributed by atoms with E-state index in [9.17, 15) is 4.79 Å². The van der Waals surface area contributed by atoms with E-state index in [2.05, 4.69) is 0 Å². The van der Waals surface area contributed by atoms with Gasteiger partial charge in [-0.2, -0.15) is 0 Å². The first kappa shape index (κ1) is 12.1. The number of nitrogens with zero attached hydrogens (tertiary/aromatic N) is 1. The highest BCUT2D eigenvalue weighted by Crippen LogP contribution is 2.29. The van der Waals surface area contributed by atoms with Gasteiger partial charge in [0.05, 0.1) is 6.10 Å². The van der Waals surface area contributed by atoms with E-state index in [4.69, 9.17) is 27.9 Å². The largest absolute Gasteiger partial charge is 0.351 e. The molecule has 3 nitrogen and oxygen atoms in total. The molecule has 1 atom stereocenters. The molecular formula is C9H15Cl2NO2.